The Hall–Kier alpha value is -0.580. The average molecular weight is 263 g/mol. The molecule has 1 aromatic carbocycles. The van der Waals surface area contributed by atoms with Crippen molar-refractivity contribution in [2.24, 2.45) is 0 Å². The number of halogens is 1. The third-order valence-electron chi connectivity index (χ3n) is 2.38. The third kappa shape index (κ3) is 2.97. The summed E-state index contributed by atoms with van der Waals surface area (Å²) in [7, 11) is -3.44. The number of alkyl halides is 1. The number of hydrogen-bond acceptors (Lipinski definition) is 3. The van der Waals surface area contributed by atoms with E-state index in [4.69, 9.17) is 11.6 Å². The van der Waals surface area contributed by atoms with Gasteiger partial charge in [0, 0.05) is 5.75 Å². The van der Waals surface area contributed by atoms with Crippen LogP contribution in [0.1, 0.15) is 24.2 Å². The summed E-state index contributed by atoms with van der Waals surface area (Å²) in [6, 6.07) is 7.02. The summed E-state index contributed by atoms with van der Waals surface area (Å²) in [5.74, 6) is -0.0793. The Kier molecular flexibility index (Phi) is 4.35. The quantitative estimate of drug-likeness (QED) is 0.845. The molecule has 0 spiro atoms. The van der Waals surface area contributed by atoms with E-state index in [-0.39, 0.29) is 5.75 Å². The summed E-state index contributed by atoms with van der Waals surface area (Å²) in [6.45, 7) is 3.38. The molecule has 1 N–H and O–H groups in total. The smallest absolute Gasteiger partial charge is 0.169 e. The molecule has 0 aliphatic rings. The fraction of sp³-hybridized carbons (Fsp3) is 0.455. The van der Waals surface area contributed by atoms with Crippen molar-refractivity contribution < 1.29 is 13.5 Å². The van der Waals surface area contributed by atoms with E-state index in [1.807, 2.05) is 13.0 Å². The molecular weight excluding hydrogens is 248 g/mol. The summed E-state index contributed by atoms with van der Waals surface area (Å²) >= 11 is 5.77. The Labute approximate surface area is 101 Å². The highest BCUT2D eigenvalue weighted by molar-refractivity contribution is 7.93. The predicted molar refractivity (Wildman–Crippen MR) is 65.2 cm³/mol. The summed E-state index contributed by atoms with van der Waals surface area (Å²) in [6.07, 6.45) is -1.19. The maximum Gasteiger partial charge on any atom is 0.169 e. The summed E-state index contributed by atoms with van der Waals surface area (Å²) in [4.78, 5) is 0. The van der Waals surface area contributed by atoms with Crippen LogP contribution in [0.15, 0.2) is 24.3 Å². The molecule has 0 radical (unpaired) electrons. The second-order valence-corrected chi connectivity index (χ2v) is 6.80. The van der Waals surface area contributed by atoms with Crippen molar-refractivity contribution in [2.45, 2.75) is 24.7 Å². The molecule has 16 heavy (non-hydrogen) atoms. The maximum absolute atomic E-state index is 11.5. The third-order valence-corrected chi connectivity index (χ3v) is 5.18. The molecule has 1 rings (SSSR count). The van der Waals surface area contributed by atoms with Crippen LogP contribution in [0, 0.1) is 6.92 Å². The minimum absolute atomic E-state index is 0.0793. The Morgan fingerprint density at radius 1 is 1.44 bits per heavy atom. The topological polar surface area (TPSA) is 54.4 Å². The summed E-state index contributed by atoms with van der Waals surface area (Å²) in [5.41, 5.74) is 1.48. The molecule has 1 aromatic rings. The van der Waals surface area contributed by atoms with Gasteiger partial charge in [-0.15, -0.1) is 11.6 Å². The average Bonchev–Trinajstić information content (AvgIpc) is 2.27. The van der Waals surface area contributed by atoms with Crippen LogP contribution in [-0.4, -0.2) is 24.0 Å². The normalized spacial score (nSPS) is 15.8. The second kappa shape index (κ2) is 5.17. The second-order valence-electron chi connectivity index (χ2n) is 3.66. The number of hydrogen-bond donors (Lipinski definition) is 1. The zero-order valence-electron chi connectivity index (χ0n) is 9.22. The van der Waals surface area contributed by atoms with Gasteiger partial charge >= 0.3 is 0 Å². The first-order valence-corrected chi connectivity index (χ1v) is 7.14. The molecule has 90 valence electrons. The van der Waals surface area contributed by atoms with Crippen LogP contribution in [0.3, 0.4) is 0 Å². The lowest BCUT2D eigenvalue weighted by Gasteiger charge is -2.17. The molecule has 0 amide bonds. The van der Waals surface area contributed by atoms with Gasteiger partial charge in [0.1, 0.15) is 6.10 Å². The van der Waals surface area contributed by atoms with Crippen molar-refractivity contribution in [2.75, 3.05) is 5.75 Å². The van der Waals surface area contributed by atoms with Gasteiger partial charge in [0.15, 0.2) is 14.5 Å². The summed E-state index contributed by atoms with van der Waals surface area (Å²) < 4.78 is 21.7. The molecule has 0 saturated carbocycles. The lowest BCUT2D eigenvalue weighted by atomic mass is 10.1. The van der Waals surface area contributed by atoms with E-state index in [1.165, 1.54) is 6.92 Å². The van der Waals surface area contributed by atoms with Crippen molar-refractivity contribution in [3.05, 3.63) is 35.4 Å². The van der Waals surface area contributed by atoms with Crippen molar-refractivity contribution in [1.29, 1.82) is 0 Å². The van der Waals surface area contributed by atoms with Gasteiger partial charge in [-0.1, -0.05) is 36.8 Å². The van der Waals surface area contributed by atoms with E-state index in [1.54, 1.807) is 18.2 Å². The van der Waals surface area contributed by atoms with Crippen molar-refractivity contribution in [3.8, 4) is 0 Å². The van der Waals surface area contributed by atoms with E-state index < -0.39 is 20.7 Å². The van der Waals surface area contributed by atoms with Crippen LogP contribution in [0.25, 0.3) is 0 Å². The molecular formula is C11H15ClO3S. The van der Waals surface area contributed by atoms with E-state index >= 15 is 0 Å². The molecule has 0 aromatic heterocycles. The zero-order valence-corrected chi connectivity index (χ0v) is 10.8. The van der Waals surface area contributed by atoms with Crippen molar-refractivity contribution >= 4 is 21.4 Å². The molecule has 3 nitrogen and oxygen atoms in total. The first-order valence-electron chi connectivity index (χ1n) is 4.98. The van der Waals surface area contributed by atoms with Crippen LogP contribution in [0.4, 0.5) is 0 Å². The molecule has 0 aliphatic heterocycles. The first-order chi connectivity index (χ1) is 7.38. The van der Waals surface area contributed by atoms with Crippen LogP contribution < -0.4 is 0 Å². The number of aliphatic hydroxyl groups excluding tert-OH is 1. The highest BCUT2D eigenvalue weighted by Crippen LogP contribution is 2.26. The largest absolute Gasteiger partial charge is 0.386 e. The SMILES string of the molecule is CCS(=O)(=O)[C@H](Cl)[C@@H](O)c1cccc(C)c1. The van der Waals surface area contributed by atoms with E-state index in [0.29, 0.717) is 5.56 Å². The van der Waals surface area contributed by atoms with Gasteiger partial charge in [-0.3, -0.25) is 0 Å². The number of benzene rings is 1. The fourth-order valence-electron chi connectivity index (χ4n) is 1.36. The highest BCUT2D eigenvalue weighted by Gasteiger charge is 2.29. The standard InChI is InChI=1S/C11H15ClO3S/c1-3-16(14,15)11(12)10(13)9-6-4-5-8(2)7-9/h4-7,10-11,13H,3H2,1-2H3/t10-,11-/m0/s1. The molecule has 0 unspecified atom stereocenters. The van der Waals surface area contributed by atoms with E-state index in [2.05, 4.69) is 0 Å². The van der Waals surface area contributed by atoms with Crippen molar-refractivity contribution in [1.82, 2.24) is 0 Å². The molecule has 0 aliphatic carbocycles. The Bertz CT molecular complexity index is 456. The molecule has 2 atom stereocenters. The minimum Gasteiger partial charge on any atom is -0.386 e. The van der Waals surface area contributed by atoms with Gasteiger partial charge in [-0.25, -0.2) is 8.42 Å². The van der Waals surface area contributed by atoms with Crippen LogP contribution in [0.2, 0.25) is 0 Å². The van der Waals surface area contributed by atoms with Gasteiger partial charge in [-0.05, 0) is 12.5 Å². The number of sulfone groups is 1. The first kappa shape index (κ1) is 13.5. The molecule has 0 heterocycles. The molecule has 5 heteroatoms. The number of rotatable bonds is 4. The van der Waals surface area contributed by atoms with Gasteiger partial charge in [0.05, 0.1) is 0 Å². The molecule has 0 saturated heterocycles. The summed E-state index contributed by atoms with van der Waals surface area (Å²) in [5, 5.41) is 9.87. The zero-order chi connectivity index (χ0) is 12.3. The van der Waals surface area contributed by atoms with Gasteiger partial charge < -0.3 is 5.11 Å². The predicted octanol–water partition coefficient (Wildman–Crippen LogP) is 2.03. The van der Waals surface area contributed by atoms with Gasteiger partial charge in [0.25, 0.3) is 0 Å². The Morgan fingerprint density at radius 2 is 2.06 bits per heavy atom. The molecule has 0 bridgehead atoms. The Balaban J connectivity index is 2.99. The fourth-order valence-corrected chi connectivity index (χ4v) is 2.75. The Morgan fingerprint density at radius 3 is 2.56 bits per heavy atom. The van der Waals surface area contributed by atoms with Gasteiger partial charge in [0.2, 0.25) is 0 Å². The van der Waals surface area contributed by atoms with Crippen LogP contribution in [0.5, 0.6) is 0 Å². The monoisotopic (exact) mass is 262 g/mol. The van der Waals surface area contributed by atoms with E-state index in [0.717, 1.165) is 5.56 Å². The van der Waals surface area contributed by atoms with Crippen molar-refractivity contribution in [3.63, 3.8) is 0 Å². The van der Waals surface area contributed by atoms with Crippen LogP contribution in [-0.2, 0) is 9.84 Å². The maximum atomic E-state index is 11.5. The van der Waals surface area contributed by atoms with Crippen LogP contribution >= 0.6 is 11.6 Å². The lowest BCUT2D eigenvalue weighted by molar-refractivity contribution is 0.191. The lowest BCUT2D eigenvalue weighted by Crippen LogP contribution is -2.24. The molecule has 0 fully saturated rings. The number of aryl methyl sites for hydroxylation is 1. The highest BCUT2D eigenvalue weighted by atomic mass is 35.5. The number of aliphatic hydroxyl groups is 1. The minimum atomic E-state index is -3.44. The van der Waals surface area contributed by atoms with Gasteiger partial charge in [-0.2, -0.15) is 0 Å². The van der Waals surface area contributed by atoms with E-state index in [9.17, 15) is 13.5 Å².